The molecule has 0 saturated heterocycles. The Hall–Kier alpha value is -2.46. The molecule has 0 aliphatic rings. The lowest BCUT2D eigenvalue weighted by Crippen LogP contribution is -2.06. The average molecular weight is 279 g/mol. The van der Waals surface area contributed by atoms with Crippen LogP contribution in [-0.2, 0) is 6.42 Å². The third-order valence-corrected chi connectivity index (χ3v) is 3.37. The molecule has 2 aromatic carbocycles. The maximum Gasteiger partial charge on any atom is 0.227 e. The zero-order valence-corrected chi connectivity index (χ0v) is 11.6. The summed E-state index contributed by atoms with van der Waals surface area (Å²) in [5.74, 6) is 1.24. The van der Waals surface area contributed by atoms with Crippen LogP contribution < -0.4 is 5.73 Å². The zero-order valence-electron chi connectivity index (χ0n) is 11.6. The second-order valence-electron chi connectivity index (χ2n) is 4.84. The van der Waals surface area contributed by atoms with E-state index in [-0.39, 0.29) is 5.92 Å². The van der Waals surface area contributed by atoms with E-state index in [9.17, 15) is 0 Å². The molecule has 0 saturated carbocycles. The quantitative estimate of drug-likeness (QED) is 0.780. The van der Waals surface area contributed by atoms with Crippen molar-refractivity contribution in [1.29, 1.82) is 0 Å². The number of hydrogen-bond donors (Lipinski definition) is 1. The molecule has 0 fully saturated rings. The lowest BCUT2D eigenvalue weighted by Gasteiger charge is -2.14. The second kappa shape index (κ2) is 6.33. The summed E-state index contributed by atoms with van der Waals surface area (Å²) in [7, 11) is 0. The van der Waals surface area contributed by atoms with Gasteiger partial charge in [0.2, 0.25) is 5.89 Å². The van der Waals surface area contributed by atoms with Crippen LogP contribution >= 0.6 is 0 Å². The minimum atomic E-state index is -0.0253. The molecule has 21 heavy (non-hydrogen) atoms. The van der Waals surface area contributed by atoms with Crippen LogP contribution in [0, 0.1) is 0 Å². The Morgan fingerprint density at radius 2 is 1.48 bits per heavy atom. The highest BCUT2D eigenvalue weighted by Crippen LogP contribution is 2.29. The normalized spacial score (nSPS) is 11.0. The predicted molar refractivity (Wildman–Crippen MR) is 80.9 cm³/mol. The van der Waals surface area contributed by atoms with Crippen LogP contribution in [0.15, 0.2) is 65.2 Å². The molecule has 1 heterocycles. The molecule has 0 atom stereocenters. The average Bonchev–Trinajstić information content (AvgIpc) is 2.98. The molecular formula is C17H17N3O. The fourth-order valence-electron chi connectivity index (χ4n) is 2.39. The molecule has 3 rings (SSSR count). The van der Waals surface area contributed by atoms with Crippen molar-refractivity contribution >= 4 is 0 Å². The van der Waals surface area contributed by atoms with Crippen LogP contribution in [-0.4, -0.2) is 16.7 Å². The topological polar surface area (TPSA) is 64.9 Å². The van der Waals surface area contributed by atoms with Gasteiger partial charge in [-0.2, -0.15) is 4.98 Å². The molecule has 0 aliphatic heterocycles. The van der Waals surface area contributed by atoms with Gasteiger partial charge in [0.05, 0.1) is 5.92 Å². The van der Waals surface area contributed by atoms with E-state index >= 15 is 0 Å². The smallest absolute Gasteiger partial charge is 0.227 e. The summed E-state index contributed by atoms with van der Waals surface area (Å²) < 4.78 is 5.29. The molecule has 0 amide bonds. The number of benzene rings is 2. The first kappa shape index (κ1) is 13.5. The van der Waals surface area contributed by atoms with E-state index in [4.69, 9.17) is 10.3 Å². The molecule has 0 aliphatic carbocycles. The molecule has 0 radical (unpaired) electrons. The standard InChI is InChI=1S/C17H17N3O/c18-12-11-15-19-17(20-21-15)16(13-7-3-1-4-8-13)14-9-5-2-6-10-14/h1-10,16H,11-12,18H2. The summed E-state index contributed by atoms with van der Waals surface area (Å²) in [6.07, 6.45) is 0.600. The van der Waals surface area contributed by atoms with E-state index in [1.165, 1.54) is 0 Å². The molecule has 4 nitrogen and oxygen atoms in total. The zero-order chi connectivity index (χ0) is 14.5. The largest absolute Gasteiger partial charge is 0.339 e. The Balaban J connectivity index is 2.03. The maximum atomic E-state index is 5.54. The first-order chi connectivity index (χ1) is 10.4. The van der Waals surface area contributed by atoms with Crippen molar-refractivity contribution in [3.05, 3.63) is 83.5 Å². The molecule has 106 valence electrons. The third kappa shape index (κ3) is 3.01. The van der Waals surface area contributed by atoms with Crippen molar-refractivity contribution in [1.82, 2.24) is 10.1 Å². The monoisotopic (exact) mass is 279 g/mol. The van der Waals surface area contributed by atoms with Gasteiger partial charge in [0, 0.05) is 13.0 Å². The van der Waals surface area contributed by atoms with E-state index in [1.54, 1.807) is 0 Å². The summed E-state index contributed by atoms with van der Waals surface area (Å²) >= 11 is 0. The summed E-state index contributed by atoms with van der Waals surface area (Å²) in [5.41, 5.74) is 7.83. The number of nitrogens with zero attached hydrogens (tertiary/aromatic N) is 2. The molecule has 2 N–H and O–H groups in total. The first-order valence-corrected chi connectivity index (χ1v) is 7.01. The van der Waals surface area contributed by atoms with Gasteiger partial charge in [-0.1, -0.05) is 65.8 Å². The van der Waals surface area contributed by atoms with Crippen LogP contribution in [0.5, 0.6) is 0 Å². The number of nitrogens with two attached hydrogens (primary N) is 1. The van der Waals surface area contributed by atoms with Gasteiger partial charge in [-0.3, -0.25) is 0 Å². The fourth-order valence-corrected chi connectivity index (χ4v) is 2.39. The van der Waals surface area contributed by atoms with Gasteiger partial charge in [-0.15, -0.1) is 0 Å². The van der Waals surface area contributed by atoms with Crippen LogP contribution in [0.25, 0.3) is 0 Å². The Bertz CT molecular complexity index is 640. The van der Waals surface area contributed by atoms with Crippen molar-refractivity contribution in [3.8, 4) is 0 Å². The molecule has 0 unspecified atom stereocenters. The summed E-state index contributed by atoms with van der Waals surface area (Å²) in [5, 5.41) is 4.15. The Labute approximate surface area is 123 Å². The van der Waals surface area contributed by atoms with Crippen LogP contribution in [0.3, 0.4) is 0 Å². The van der Waals surface area contributed by atoms with Crippen LogP contribution in [0.1, 0.15) is 28.8 Å². The van der Waals surface area contributed by atoms with Crippen LogP contribution in [0.2, 0.25) is 0 Å². The molecule has 4 heteroatoms. The minimum Gasteiger partial charge on any atom is -0.339 e. The van der Waals surface area contributed by atoms with Gasteiger partial charge in [-0.25, -0.2) is 0 Å². The molecule has 0 bridgehead atoms. The minimum absolute atomic E-state index is 0.0253. The van der Waals surface area contributed by atoms with Gasteiger partial charge >= 0.3 is 0 Å². The van der Waals surface area contributed by atoms with Gasteiger partial charge in [0.25, 0.3) is 0 Å². The molecular weight excluding hydrogens is 262 g/mol. The highest BCUT2D eigenvalue weighted by molar-refractivity contribution is 5.37. The van der Waals surface area contributed by atoms with Crippen LogP contribution in [0.4, 0.5) is 0 Å². The van der Waals surface area contributed by atoms with E-state index in [0.29, 0.717) is 24.7 Å². The van der Waals surface area contributed by atoms with Crippen molar-refractivity contribution in [2.45, 2.75) is 12.3 Å². The van der Waals surface area contributed by atoms with Gasteiger partial charge < -0.3 is 10.3 Å². The number of rotatable bonds is 5. The first-order valence-electron chi connectivity index (χ1n) is 7.01. The lowest BCUT2D eigenvalue weighted by molar-refractivity contribution is 0.374. The Kier molecular flexibility index (Phi) is 4.07. The highest BCUT2D eigenvalue weighted by Gasteiger charge is 2.21. The number of aromatic nitrogens is 2. The molecule has 0 spiro atoms. The molecule has 1 aromatic heterocycles. The van der Waals surface area contributed by atoms with Crippen molar-refractivity contribution < 1.29 is 4.52 Å². The fraction of sp³-hybridized carbons (Fsp3) is 0.176. The maximum absolute atomic E-state index is 5.54. The summed E-state index contributed by atoms with van der Waals surface area (Å²) in [6, 6.07) is 20.4. The summed E-state index contributed by atoms with van der Waals surface area (Å²) in [4.78, 5) is 4.50. The Morgan fingerprint density at radius 3 is 2.00 bits per heavy atom. The lowest BCUT2D eigenvalue weighted by atomic mass is 9.91. The number of hydrogen-bond acceptors (Lipinski definition) is 4. The Morgan fingerprint density at radius 1 is 0.905 bits per heavy atom. The highest BCUT2D eigenvalue weighted by atomic mass is 16.5. The third-order valence-electron chi connectivity index (χ3n) is 3.37. The SMILES string of the molecule is NCCc1nc(C(c2ccccc2)c2ccccc2)no1. The van der Waals surface area contributed by atoms with E-state index in [1.807, 2.05) is 36.4 Å². The molecule has 3 aromatic rings. The summed E-state index contributed by atoms with van der Waals surface area (Å²) in [6.45, 7) is 0.503. The second-order valence-corrected chi connectivity index (χ2v) is 4.84. The van der Waals surface area contributed by atoms with Crippen molar-refractivity contribution in [2.75, 3.05) is 6.54 Å². The van der Waals surface area contributed by atoms with E-state index < -0.39 is 0 Å². The van der Waals surface area contributed by atoms with E-state index in [2.05, 4.69) is 34.4 Å². The van der Waals surface area contributed by atoms with Crippen molar-refractivity contribution in [2.24, 2.45) is 5.73 Å². The van der Waals surface area contributed by atoms with Crippen molar-refractivity contribution in [3.63, 3.8) is 0 Å². The van der Waals surface area contributed by atoms with Gasteiger partial charge in [-0.05, 0) is 11.1 Å². The van der Waals surface area contributed by atoms with E-state index in [0.717, 1.165) is 11.1 Å². The van der Waals surface area contributed by atoms with Gasteiger partial charge in [0.1, 0.15) is 0 Å². The predicted octanol–water partition coefficient (Wildman–Crippen LogP) is 2.75. The van der Waals surface area contributed by atoms with Gasteiger partial charge in [0.15, 0.2) is 5.82 Å².